The minimum absolute atomic E-state index is 0.364. The van der Waals surface area contributed by atoms with E-state index in [2.05, 4.69) is 106 Å². The molecule has 2 atom stereocenters. The highest BCUT2D eigenvalue weighted by atomic mass is 32.2. The van der Waals surface area contributed by atoms with Gasteiger partial charge in [0.05, 0.1) is 7.11 Å². The third-order valence-corrected chi connectivity index (χ3v) is 7.99. The van der Waals surface area contributed by atoms with Crippen LogP contribution in [-0.2, 0) is 6.54 Å². The van der Waals surface area contributed by atoms with Gasteiger partial charge in [0.2, 0.25) is 0 Å². The fraction of sp³-hybridized carbons (Fsp3) is 0.357. The molecule has 166 valence electrons. The molecule has 3 aromatic carbocycles. The summed E-state index contributed by atoms with van der Waals surface area (Å²) in [6, 6.07) is 31.7. The minimum atomic E-state index is 0.364. The molecule has 2 aliphatic heterocycles. The molecule has 0 aliphatic carbocycles. The van der Waals surface area contributed by atoms with Crippen molar-refractivity contribution in [1.82, 2.24) is 9.80 Å². The van der Waals surface area contributed by atoms with Gasteiger partial charge in [0.15, 0.2) is 0 Å². The molecule has 3 aromatic rings. The molecule has 0 saturated carbocycles. The molecule has 0 bridgehead atoms. The Bertz CT molecular complexity index is 957. The fourth-order valence-electron chi connectivity index (χ4n) is 5.46. The number of benzene rings is 3. The highest BCUT2D eigenvalue weighted by molar-refractivity contribution is 7.99. The molecule has 4 heteroatoms. The molecule has 5 rings (SSSR count). The fourth-order valence-corrected chi connectivity index (χ4v) is 6.54. The molecule has 0 spiro atoms. The number of para-hydroxylation sites is 1. The van der Waals surface area contributed by atoms with E-state index >= 15 is 0 Å². The number of nitrogens with zero attached hydrogens (tertiary/aromatic N) is 2. The Morgan fingerprint density at radius 3 is 2.22 bits per heavy atom. The van der Waals surface area contributed by atoms with Gasteiger partial charge in [0, 0.05) is 61.2 Å². The zero-order valence-corrected chi connectivity index (χ0v) is 19.6. The zero-order valence-electron chi connectivity index (χ0n) is 18.8. The van der Waals surface area contributed by atoms with Crippen LogP contribution in [0.3, 0.4) is 0 Å². The summed E-state index contributed by atoms with van der Waals surface area (Å²) in [4.78, 5) is 5.48. The van der Waals surface area contributed by atoms with Crippen molar-refractivity contribution in [2.24, 2.45) is 0 Å². The van der Waals surface area contributed by atoms with E-state index in [-0.39, 0.29) is 0 Å². The van der Waals surface area contributed by atoms with E-state index in [1.54, 1.807) is 7.11 Å². The van der Waals surface area contributed by atoms with Crippen LogP contribution in [0.2, 0.25) is 0 Å². The minimum Gasteiger partial charge on any atom is -0.496 e. The molecule has 0 radical (unpaired) electrons. The highest BCUT2D eigenvalue weighted by Crippen LogP contribution is 2.37. The number of methoxy groups -OCH3 is 1. The van der Waals surface area contributed by atoms with Crippen LogP contribution in [-0.4, -0.2) is 60.1 Å². The maximum absolute atomic E-state index is 5.67. The second kappa shape index (κ2) is 10.1. The first-order chi connectivity index (χ1) is 15.8. The average Bonchev–Trinajstić information content (AvgIpc) is 2.86. The Labute approximate surface area is 196 Å². The molecular formula is C28H32N2OS. The number of thioether (sulfide) groups is 1. The van der Waals surface area contributed by atoms with Crippen molar-refractivity contribution >= 4 is 11.8 Å². The Morgan fingerprint density at radius 1 is 0.875 bits per heavy atom. The normalized spacial score (nSPS) is 21.9. The zero-order chi connectivity index (χ0) is 21.8. The quantitative estimate of drug-likeness (QED) is 0.524. The van der Waals surface area contributed by atoms with Gasteiger partial charge in [-0.25, -0.2) is 0 Å². The molecular weight excluding hydrogens is 412 g/mol. The van der Waals surface area contributed by atoms with Crippen LogP contribution in [0.25, 0.3) is 0 Å². The van der Waals surface area contributed by atoms with Crippen LogP contribution in [0.5, 0.6) is 5.75 Å². The SMILES string of the molecule is COc1ccccc1CN1CC(C(c2ccccc2)c2ccccc2)N2CCSC[C@H]2C1. The molecule has 0 N–H and O–H groups in total. The summed E-state index contributed by atoms with van der Waals surface area (Å²) >= 11 is 2.11. The van der Waals surface area contributed by atoms with Gasteiger partial charge in [-0.1, -0.05) is 78.9 Å². The van der Waals surface area contributed by atoms with E-state index in [1.165, 1.54) is 34.7 Å². The molecule has 3 nitrogen and oxygen atoms in total. The van der Waals surface area contributed by atoms with E-state index in [1.807, 2.05) is 0 Å². The second-order valence-electron chi connectivity index (χ2n) is 8.84. The third-order valence-electron chi connectivity index (χ3n) is 6.90. The van der Waals surface area contributed by atoms with Crippen molar-refractivity contribution in [3.63, 3.8) is 0 Å². The largest absolute Gasteiger partial charge is 0.496 e. The summed E-state index contributed by atoms with van der Waals surface area (Å²) in [6.07, 6.45) is 0. The molecule has 1 unspecified atom stereocenters. The summed E-state index contributed by atoms with van der Waals surface area (Å²) in [6.45, 7) is 4.30. The highest BCUT2D eigenvalue weighted by Gasteiger charge is 2.40. The predicted molar refractivity (Wildman–Crippen MR) is 135 cm³/mol. The molecule has 2 heterocycles. The van der Waals surface area contributed by atoms with Crippen molar-refractivity contribution < 1.29 is 4.74 Å². The lowest BCUT2D eigenvalue weighted by atomic mass is 9.82. The maximum Gasteiger partial charge on any atom is 0.123 e. The molecule has 32 heavy (non-hydrogen) atoms. The van der Waals surface area contributed by atoms with Crippen molar-refractivity contribution in [3.05, 3.63) is 102 Å². The summed E-state index contributed by atoms with van der Waals surface area (Å²) in [5.74, 6) is 3.81. The van der Waals surface area contributed by atoms with Gasteiger partial charge >= 0.3 is 0 Å². The van der Waals surface area contributed by atoms with Gasteiger partial charge in [-0.2, -0.15) is 11.8 Å². The van der Waals surface area contributed by atoms with Crippen LogP contribution in [0.4, 0.5) is 0 Å². The Kier molecular flexibility index (Phi) is 6.82. The third kappa shape index (κ3) is 4.59. The Balaban J connectivity index is 1.50. The van der Waals surface area contributed by atoms with Crippen molar-refractivity contribution in [3.8, 4) is 5.75 Å². The van der Waals surface area contributed by atoms with Gasteiger partial charge in [-0.05, 0) is 17.2 Å². The molecule has 2 aliphatic rings. The van der Waals surface area contributed by atoms with Crippen LogP contribution in [0, 0.1) is 0 Å². The lowest BCUT2D eigenvalue weighted by Crippen LogP contribution is -2.62. The van der Waals surface area contributed by atoms with Gasteiger partial charge in [-0.3, -0.25) is 9.80 Å². The van der Waals surface area contributed by atoms with E-state index in [9.17, 15) is 0 Å². The predicted octanol–water partition coefficient (Wildman–Crippen LogP) is 5.13. The lowest BCUT2D eigenvalue weighted by Gasteiger charge is -2.51. The maximum atomic E-state index is 5.67. The first kappa shape index (κ1) is 21.6. The first-order valence-corrected chi connectivity index (χ1v) is 12.8. The monoisotopic (exact) mass is 444 g/mol. The lowest BCUT2D eigenvalue weighted by molar-refractivity contribution is 0.0232. The van der Waals surface area contributed by atoms with Crippen LogP contribution in [0.1, 0.15) is 22.6 Å². The number of hydrogen-bond donors (Lipinski definition) is 0. The number of fused-ring (bicyclic) bond motifs is 1. The number of ether oxygens (including phenoxy) is 1. The standard InChI is InChI=1S/C28H32N2OS/c1-31-27-15-9-8-14-24(27)18-29-19-25-21-32-17-16-30(25)26(20-29)28(22-10-4-2-5-11-22)23-12-6-3-7-13-23/h2-15,25-26,28H,16-21H2,1H3/t25-,26?/m1/s1. The Hall–Kier alpha value is -2.27. The van der Waals surface area contributed by atoms with Crippen molar-refractivity contribution in [2.45, 2.75) is 24.5 Å². The second-order valence-corrected chi connectivity index (χ2v) is 9.99. The smallest absolute Gasteiger partial charge is 0.123 e. The van der Waals surface area contributed by atoms with Gasteiger partial charge < -0.3 is 4.74 Å². The summed E-state index contributed by atoms with van der Waals surface area (Å²) in [7, 11) is 1.78. The molecule has 0 amide bonds. The van der Waals surface area contributed by atoms with Crippen LogP contribution < -0.4 is 4.74 Å². The van der Waals surface area contributed by atoms with E-state index < -0.39 is 0 Å². The van der Waals surface area contributed by atoms with Crippen LogP contribution >= 0.6 is 11.8 Å². The summed E-state index contributed by atoms with van der Waals surface area (Å²) in [5.41, 5.74) is 4.11. The van der Waals surface area contributed by atoms with Crippen molar-refractivity contribution in [2.75, 3.05) is 38.2 Å². The first-order valence-electron chi connectivity index (χ1n) is 11.6. The van der Waals surface area contributed by atoms with Crippen molar-refractivity contribution in [1.29, 1.82) is 0 Å². The average molecular weight is 445 g/mol. The summed E-state index contributed by atoms with van der Waals surface area (Å²) < 4.78 is 5.67. The Morgan fingerprint density at radius 2 is 1.53 bits per heavy atom. The van der Waals surface area contributed by atoms with E-state index in [4.69, 9.17) is 4.74 Å². The van der Waals surface area contributed by atoms with Crippen LogP contribution in [0.15, 0.2) is 84.9 Å². The van der Waals surface area contributed by atoms with E-state index in [0.29, 0.717) is 18.0 Å². The number of rotatable bonds is 6. The molecule has 2 fully saturated rings. The van der Waals surface area contributed by atoms with Gasteiger partial charge in [-0.15, -0.1) is 0 Å². The summed E-state index contributed by atoms with van der Waals surface area (Å²) in [5, 5.41) is 0. The molecule has 0 aromatic heterocycles. The number of hydrogen-bond acceptors (Lipinski definition) is 4. The topological polar surface area (TPSA) is 15.7 Å². The van der Waals surface area contributed by atoms with Gasteiger partial charge in [0.25, 0.3) is 0 Å². The number of piperazine rings is 1. The molecule has 2 saturated heterocycles. The van der Waals surface area contributed by atoms with Gasteiger partial charge in [0.1, 0.15) is 5.75 Å². The van der Waals surface area contributed by atoms with E-state index in [0.717, 1.165) is 25.4 Å².